The van der Waals surface area contributed by atoms with Crippen molar-refractivity contribution >= 4 is 22.4 Å². The molecule has 1 heterocycles. The van der Waals surface area contributed by atoms with Crippen molar-refractivity contribution in [2.75, 3.05) is 5.32 Å². The molecule has 0 bridgehead atoms. The minimum Gasteiger partial charge on any atom is -0.507 e. The molecule has 5 aromatic rings. The minimum absolute atomic E-state index is 0.145. The molecule has 0 saturated heterocycles. The number of para-hydroxylation sites is 3. The molecular weight excluding hydrogens is 386 g/mol. The van der Waals surface area contributed by atoms with Crippen LogP contribution in [0.1, 0.15) is 0 Å². The lowest BCUT2D eigenvalue weighted by Gasteiger charge is -2.12. The number of nitrogens with one attached hydrogen (secondary N) is 1. The van der Waals surface area contributed by atoms with Crippen LogP contribution in [0.2, 0.25) is 0 Å². The van der Waals surface area contributed by atoms with Crippen LogP contribution in [0.5, 0.6) is 17.2 Å². The van der Waals surface area contributed by atoms with E-state index < -0.39 is 0 Å². The van der Waals surface area contributed by atoms with Crippen molar-refractivity contribution in [3.63, 3.8) is 0 Å². The van der Waals surface area contributed by atoms with Crippen molar-refractivity contribution in [2.45, 2.75) is 0 Å². The van der Waals surface area contributed by atoms with E-state index in [-0.39, 0.29) is 5.75 Å². The SMILES string of the molecule is Oc1ccccc1-c1nc(Nc2ccc(Oc3ccccc3)cc2)c2ccccc2n1. The number of benzene rings is 4. The zero-order chi connectivity index (χ0) is 21.0. The maximum Gasteiger partial charge on any atom is 0.165 e. The quantitative estimate of drug-likeness (QED) is 0.348. The van der Waals surface area contributed by atoms with Gasteiger partial charge in [0.1, 0.15) is 23.1 Å². The number of anilines is 2. The molecule has 1 aromatic heterocycles. The summed E-state index contributed by atoms with van der Waals surface area (Å²) in [6, 6.07) is 32.2. The van der Waals surface area contributed by atoms with Gasteiger partial charge in [0.15, 0.2) is 5.82 Å². The molecule has 0 aliphatic rings. The molecule has 0 aliphatic carbocycles. The van der Waals surface area contributed by atoms with Gasteiger partial charge in [-0.2, -0.15) is 0 Å². The average Bonchev–Trinajstić information content (AvgIpc) is 2.81. The minimum atomic E-state index is 0.145. The highest BCUT2D eigenvalue weighted by atomic mass is 16.5. The van der Waals surface area contributed by atoms with Crippen molar-refractivity contribution in [2.24, 2.45) is 0 Å². The van der Waals surface area contributed by atoms with E-state index >= 15 is 0 Å². The normalized spacial score (nSPS) is 10.7. The Morgan fingerprint density at radius 2 is 1.32 bits per heavy atom. The van der Waals surface area contributed by atoms with Gasteiger partial charge in [0.25, 0.3) is 0 Å². The van der Waals surface area contributed by atoms with Gasteiger partial charge in [-0.1, -0.05) is 42.5 Å². The average molecular weight is 405 g/mol. The Hall–Kier alpha value is -4.38. The molecule has 0 fully saturated rings. The van der Waals surface area contributed by atoms with Gasteiger partial charge >= 0.3 is 0 Å². The molecule has 0 spiro atoms. The second-order valence-electron chi connectivity index (χ2n) is 6.99. The van der Waals surface area contributed by atoms with E-state index in [1.807, 2.05) is 84.9 Å². The van der Waals surface area contributed by atoms with Gasteiger partial charge in [0.05, 0.1) is 11.1 Å². The van der Waals surface area contributed by atoms with Crippen LogP contribution >= 0.6 is 0 Å². The highest BCUT2D eigenvalue weighted by Crippen LogP contribution is 2.31. The van der Waals surface area contributed by atoms with E-state index in [1.54, 1.807) is 18.2 Å². The third-order valence-corrected chi connectivity index (χ3v) is 4.84. The Kier molecular flexibility index (Phi) is 4.91. The summed E-state index contributed by atoms with van der Waals surface area (Å²) >= 11 is 0. The molecule has 0 aliphatic heterocycles. The first-order valence-corrected chi connectivity index (χ1v) is 9.91. The number of rotatable bonds is 5. The Labute approximate surface area is 179 Å². The highest BCUT2D eigenvalue weighted by molar-refractivity contribution is 5.92. The molecule has 4 aromatic carbocycles. The van der Waals surface area contributed by atoms with Crippen LogP contribution in [0.25, 0.3) is 22.3 Å². The summed E-state index contributed by atoms with van der Waals surface area (Å²) in [5.41, 5.74) is 2.25. The van der Waals surface area contributed by atoms with E-state index in [4.69, 9.17) is 9.72 Å². The molecule has 31 heavy (non-hydrogen) atoms. The number of nitrogens with zero attached hydrogens (tertiary/aromatic N) is 2. The summed E-state index contributed by atoms with van der Waals surface area (Å²) in [6.07, 6.45) is 0. The Morgan fingerprint density at radius 1 is 0.645 bits per heavy atom. The topological polar surface area (TPSA) is 67.3 Å². The lowest BCUT2D eigenvalue weighted by molar-refractivity contribution is 0.477. The fourth-order valence-electron chi connectivity index (χ4n) is 3.32. The zero-order valence-corrected chi connectivity index (χ0v) is 16.6. The third-order valence-electron chi connectivity index (χ3n) is 4.84. The second kappa shape index (κ2) is 8.16. The lowest BCUT2D eigenvalue weighted by Crippen LogP contribution is -1.99. The molecule has 0 atom stereocenters. The highest BCUT2D eigenvalue weighted by Gasteiger charge is 2.12. The fourth-order valence-corrected chi connectivity index (χ4v) is 3.32. The van der Waals surface area contributed by atoms with E-state index in [0.717, 1.165) is 28.1 Å². The number of aromatic hydroxyl groups is 1. The number of aromatic nitrogens is 2. The number of ether oxygens (including phenoxy) is 1. The molecule has 5 heteroatoms. The molecule has 5 nitrogen and oxygen atoms in total. The maximum atomic E-state index is 10.3. The summed E-state index contributed by atoms with van der Waals surface area (Å²) in [5, 5.41) is 14.5. The van der Waals surface area contributed by atoms with Crippen molar-refractivity contribution < 1.29 is 9.84 Å². The van der Waals surface area contributed by atoms with Crippen LogP contribution in [0, 0.1) is 0 Å². The zero-order valence-electron chi connectivity index (χ0n) is 16.6. The van der Waals surface area contributed by atoms with Gasteiger partial charge in [-0.05, 0) is 60.7 Å². The first-order chi connectivity index (χ1) is 15.3. The van der Waals surface area contributed by atoms with Crippen LogP contribution in [0.15, 0.2) is 103 Å². The summed E-state index contributed by atoms with van der Waals surface area (Å²) in [4.78, 5) is 9.34. The first-order valence-electron chi connectivity index (χ1n) is 9.91. The van der Waals surface area contributed by atoms with Gasteiger partial charge in [0.2, 0.25) is 0 Å². The van der Waals surface area contributed by atoms with Crippen LogP contribution in [-0.4, -0.2) is 15.1 Å². The Bertz CT molecular complexity index is 1340. The monoisotopic (exact) mass is 405 g/mol. The number of hydrogen-bond acceptors (Lipinski definition) is 5. The lowest BCUT2D eigenvalue weighted by atomic mass is 10.1. The van der Waals surface area contributed by atoms with Crippen molar-refractivity contribution in [1.82, 2.24) is 9.97 Å². The Balaban J connectivity index is 1.48. The Morgan fingerprint density at radius 3 is 2.13 bits per heavy atom. The molecule has 0 saturated carbocycles. The number of fused-ring (bicyclic) bond motifs is 1. The molecule has 0 unspecified atom stereocenters. The fraction of sp³-hybridized carbons (Fsp3) is 0. The van der Waals surface area contributed by atoms with E-state index in [2.05, 4.69) is 10.3 Å². The summed E-state index contributed by atoms with van der Waals surface area (Å²) in [5.74, 6) is 2.81. The first kappa shape index (κ1) is 18.6. The van der Waals surface area contributed by atoms with Crippen LogP contribution in [0.4, 0.5) is 11.5 Å². The van der Waals surface area contributed by atoms with E-state index in [1.165, 1.54) is 0 Å². The predicted octanol–water partition coefficient (Wildman–Crippen LogP) is 6.54. The van der Waals surface area contributed by atoms with Gasteiger partial charge in [-0.25, -0.2) is 9.97 Å². The van der Waals surface area contributed by atoms with Gasteiger partial charge in [0, 0.05) is 11.1 Å². The van der Waals surface area contributed by atoms with Crippen molar-refractivity contribution in [3.8, 4) is 28.6 Å². The molecule has 2 N–H and O–H groups in total. The van der Waals surface area contributed by atoms with Crippen LogP contribution < -0.4 is 10.1 Å². The molecule has 150 valence electrons. The largest absolute Gasteiger partial charge is 0.507 e. The number of phenols is 1. The molecule has 0 amide bonds. The smallest absolute Gasteiger partial charge is 0.165 e. The van der Waals surface area contributed by atoms with Gasteiger partial charge in [-0.3, -0.25) is 0 Å². The van der Waals surface area contributed by atoms with E-state index in [0.29, 0.717) is 17.2 Å². The summed E-state index contributed by atoms with van der Waals surface area (Å²) in [7, 11) is 0. The molecule has 5 rings (SSSR count). The standard InChI is InChI=1S/C26H19N3O2/c30-24-13-7-5-11-22(24)26-28-23-12-6-4-10-21(23)25(29-26)27-18-14-16-20(17-15-18)31-19-8-2-1-3-9-19/h1-17,30H,(H,27,28,29). The van der Waals surface area contributed by atoms with Crippen LogP contribution in [-0.2, 0) is 0 Å². The summed E-state index contributed by atoms with van der Waals surface area (Å²) < 4.78 is 5.86. The second-order valence-corrected chi connectivity index (χ2v) is 6.99. The van der Waals surface area contributed by atoms with Gasteiger partial charge in [-0.15, -0.1) is 0 Å². The third kappa shape index (κ3) is 4.02. The number of phenolic OH excluding ortho intramolecular Hbond substituents is 1. The van der Waals surface area contributed by atoms with Crippen molar-refractivity contribution in [1.29, 1.82) is 0 Å². The van der Waals surface area contributed by atoms with E-state index in [9.17, 15) is 5.11 Å². The molecular formula is C26H19N3O2. The van der Waals surface area contributed by atoms with Crippen molar-refractivity contribution in [3.05, 3.63) is 103 Å². The predicted molar refractivity (Wildman–Crippen MR) is 123 cm³/mol. The van der Waals surface area contributed by atoms with Crippen LogP contribution in [0.3, 0.4) is 0 Å². The maximum absolute atomic E-state index is 10.3. The molecule has 0 radical (unpaired) electrons. The summed E-state index contributed by atoms with van der Waals surface area (Å²) in [6.45, 7) is 0. The van der Waals surface area contributed by atoms with Gasteiger partial charge < -0.3 is 15.2 Å². The number of hydrogen-bond donors (Lipinski definition) is 2.